The number of amides is 4. The Balaban J connectivity index is 1.56. The molecule has 2 aromatic rings. The number of thioether (sulfide) groups is 1. The van der Waals surface area contributed by atoms with Crippen LogP contribution < -0.4 is 10.6 Å². The van der Waals surface area contributed by atoms with Crippen molar-refractivity contribution in [2.45, 2.75) is 19.9 Å². The molecule has 3 rings (SSSR count). The summed E-state index contributed by atoms with van der Waals surface area (Å²) >= 11 is 0.792. The fraction of sp³-hybridized carbons (Fsp3) is 0.250. The SMILES string of the molecule is CC(C)C(NC(=O)c1ccccc1)C(=O)NCCN1C(=O)SC(=Cc2ccc(F)cc2)C1=O. The Labute approximate surface area is 195 Å². The lowest BCUT2D eigenvalue weighted by molar-refractivity contribution is -0.125. The van der Waals surface area contributed by atoms with Crippen molar-refractivity contribution in [2.75, 3.05) is 13.1 Å². The molecule has 0 radical (unpaired) electrons. The van der Waals surface area contributed by atoms with Gasteiger partial charge in [0.1, 0.15) is 11.9 Å². The topological polar surface area (TPSA) is 95.6 Å². The van der Waals surface area contributed by atoms with Gasteiger partial charge in [-0.05, 0) is 53.6 Å². The first-order valence-electron chi connectivity index (χ1n) is 10.4. The Morgan fingerprint density at radius 1 is 1.06 bits per heavy atom. The lowest BCUT2D eigenvalue weighted by atomic mass is 10.0. The molecule has 0 aliphatic carbocycles. The fourth-order valence-corrected chi connectivity index (χ4v) is 4.02. The van der Waals surface area contributed by atoms with Crippen molar-refractivity contribution < 1.29 is 23.6 Å². The number of benzene rings is 2. The van der Waals surface area contributed by atoms with Crippen molar-refractivity contribution >= 4 is 40.8 Å². The molecule has 1 aliphatic rings. The van der Waals surface area contributed by atoms with Gasteiger partial charge < -0.3 is 10.6 Å². The number of carbonyl (C=O) groups is 4. The number of hydrogen-bond donors (Lipinski definition) is 2. The zero-order valence-corrected chi connectivity index (χ0v) is 19.0. The molecule has 9 heteroatoms. The highest BCUT2D eigenvalue weighted by atomic mass is 32.2. The Morgan fingerprint density at radius 3 is 2.36 bits per heavy atom. The molecule has 0 saturated carbocycles. The van der Waals surface area contributed by atoms with Gasteiger partial charge >= 0.3 is 0 Å². The van der Waals surface area contributed by atoms with Crippen molar-refractivity contribution in [3.05, 3.63) is 76.4 Å². The Kier molecular flexibility index (Phi) is 8.00. The van der Waals surface area contributed by atoms with E-state index in [1.54, 1.807) is 30.3 Å². The first-order valence-corrected chi connectivity index (χ1v) is 11.2. The van der Waals surface area contributed by atoms with Gasteiger partial charge in [0.25, 0.3) is 17.1 Å². The van der Waals surface area contributed by atoms with Crippen LogP contribution in [0.25, 0.3) is 6.08 Å². The third kappa shape index (κ3) is 6.29. The third-order valence-electron chi connectivity index (χ3n) is 4.95. The number of carbonyl (C=O) groups excluding carboxylic acids is 4. The van der Waals surface area contributed by atoms with Gasteiger partial charge in [0, 0.05) is 18.7 Å². The van der Waals surface area contributed by atoms with Crippen LogP contribution in [0.4, 0.5) is 9.18 Å². The van der Waals surface area contributed by atoms with Gasteiger partial charge in [0.15, 0.2) is 0 Å². The van der Waals surface area contributed by atoms with Crippen LogP contribution in [0, 0.1) is 11.7 Å². The molecular formula is C24H24FN3O4S. The molecule has 1 atom stereocenters. The summed E-state index contributed by atoms with van der Waals surface area (Å²) < 4.78 is 13.1. The van der Waals surface area contributed by atoms with E-state index in [-0.39, 0.29) is 29.8 Å². The summed E-state index contributed by atoms with van der Waals surface area (Å²) in [5, 5.41) is 4.97. The number of nitrogens with zero attached hydrogens (tertiary/aromatic N) is 1. The van der Waals surface area contributed by atoms with Crippen molar-refractivity contribution in [3.63, 3.8) is 0 Å². The molecule has 4 amide bonds. The van der Waals surface area contributed by atoms with Crippen molar-refractivity contribution in [1.82, 2.24) is 15.5 Å². The van der Waals surface area contributed by atoms with Gasteiger partial charge in [0.2, 0.25) is 5.91 Å². The van der Waals surface area contributed by atoms with E-state index in [9.17, 15) is 23.6 Å². The second-order valence-electron chi connectivity index (χ2n) is 7.74. The summed E-state index contributed by atoms with van der Waals surface area (Å²) in [6.45, 7) is 3.66. The van der Waals surface area contributed by atoms with E-state index in [0.29, 0.717) is 11.1 Å². The van der Waals surface area contributed by atoms with Crippen molar-refractivity contribution in [2.24, 2.45) is 5.92 Å². The van der Waals surface area contributed by atoms with E-state index in [1.807, 2.05) is 13.8 Å². The normalized spacial score (nSPS) is 15.8. The van der Waals surface area contributed by atoms with Gasteiger partial charge in [-0.15, -0.1) is 0 Å². The summed E-state index contributed by atoms with van der Waals surface area (Å²) in [7, 11) is 0. The number of nitrogens with one attached hydrogen (secondary N) is 2. The van der Waals surface area contributed by atoms with Gasteiger partial charge in [-0.25, -0.2) is 4.39 Å². The Bertz CT molecular complexity index is 1070. The highest BCUT2D eigenvalue weighted by Gasteiger charge is 2.35. The first-order chi connectivity index (χ1) is 15.8. The van der Waals surface area contributed by atoms with Gasteiger partial charge in [-0.2, -0.15) is 0 Å². The van der Waals surface area contributed by atoms with Gasteiger partial charge in [0.05, 0.1) is 4.91 Å². The zero-order chi connectivity index (χ0) is 24.0. The molecule has 2 N–H and O–H groups in total. The maximum absolute atomic E-state index is 13.1. The van der Waals surface area contributed by atoms with Crippen LogP contribution in [0.3, 0.4) is 0 Å². The monoisotopic (exact) mass is 469 g/mol. The first kappa shape index (κ1) is 24.2. The predicted octanol–water partition coefficient (Wildman–Crippen LogP) is 3.43. The minimum Gasteiger partial charge on any atom is -0.353 e. The van der Waals surface area contributed by atoms with Crippen LogP contribution in [0.5, 0.6) is 0 Å². The molecule has 1 unspecified atom stereocenters. The molecular weight excluding hydrogens is 445 g/mol. The van der Waals surface area contributed by atoms with E-state index in [4.69, 9.17) is 0 Å². The third-order valence-corrected chi connectivity index (χ3v) is 5.86. The Morgan fingerprint density at radius 2 is 1.73 bits per heavy atom. The van der Waals surface area contributed by atoms with Crippen LogP contribution in [0.15, 0.2) is 59.5 Å². The van der Waals surface area contributed by atoms with Gasteiger partial charge in [-0.1, -0.05) is 44.2 Å². The average Bonchev–Trinajstić information content (AvgIpc) is 3.06. The predicted molar refractivity (Wildman–Crippen MR) is 125 cm³/mol. The second-order valence-corrected chi connectivity index (χ2v) is 8.73. The molecule has 0 aromatic heterocycles. The maximum atomic E-state index is 13.1. The summed E-state index contributed by atoms with van der Waals surface area (Å²) in [5.41, 5.74) is 1.05. The summed E-state index contributed by atoms with van der Waals surface area (Å²) in [6.07, 6.45) is 1.52. The smallest absolute Gasteiger partial charge is 0.293 e. The highest BCUT2D eigenvalue weighted by molar-refractivity contribution is 8.18. The van der Waals surface area contributed by atoms with E-state index in [2.05, 4.69) is 10.6 Å². The number of rotatable bonds is 8. The molecule has 7 nitrogen and oxygen atoms in total. The summed E-state index contributed by atoms with van der Waals surface area (Å²) in [4.78, 5) is 51.2. The van der Waals surface area contributed by atoms with Crippen molar-refractivity contribution in [1.29, 1.82) is 0 Å². The second kappa shape index (κ2) is 10.9. The zero-order valence-electron chi connectivity index (χ0n) is 18.2. The van der Waals surface area contributed by atoms with E-state index in [0.717, 1.165) is 16.7 Å². The van der Waals surface area contributed by atoms with Crippen molar-refractivity contribution in [3.8, 4) is 0 Å². The molecule has 33 heavy (non-hydrogen) atoms. The largest absolute Gasteiger partial charge is 0.353 e. The number of imide groups is 1. The molecule has 1 fully saturated rings. The lowest BCUT2D eigenvalue weighted by Crippen LogP contribution is -2.51. The molecule has 1 aliphatic heterocycles. The number of halogens is 1. The lowest BCUT2D eigenvalue weighted by Gasteiger charge is -2.22. The van der Waals surface area contributed by atoms with Crippen LogP contribution >= 0.6 is 11.8 Å². The number of hydrogen-bond acceptors (Lipinski definition) is 5. The molecule has 0 spiro atoms. The van der Waals surface area contributed by atoms with E-state index >= 15 is 0 Å². The van der Waals surface area contributed by atoms with Crippen LogP contribution in [-0.4, -0.2) is 47.0 Å². The van der Waals surface area contributed by atoms with E-state index in [1.165, 1.54) is 30.3 Å². The fourth-order valence-electron chi connectivity index (χ4n) is 3.15. The molecule has 1 saturated heterocycles. The minimum atomic E-state index is -0.772. The molecule has 0 bridgehead atoms. The van der Waals surface area contributed by atoms with E-state index < -0.39 is 28.9 Å². The summed E-state index contributed by atoms with van der Waals surface area (Å²) in [5.74, 6) is -1.80. The maximum Gasteiger partial charge on any atom is 0.293 e. The van der Waals surface area contributed by atoms with Crippen LogP contribution in [-0.2, 0) is 9.59 Å². The molecule has 2 aromatic carbocycles. The van der Waals surface area contributed by atoms with Crippen LogP contribution in [0.1, 0.15) is 29.8 Å². The highest BCUT2D eigenvalue weighted by Crippen LogP contribution is 2.31. The quantitative estimate of drug-likeness (QED) is 0.578. The Hall–Kier alpha value is -3.46. The van der Waals surface area contributed by atoms with Crippen LogP contribution in [0.2, 0.25) is 0 Å². The molecule has 172 valence electrons. The summed E-state index contributed by atoms with van der Waals surface area (Å²) in [6, 6.07) is 13.4. The molecule has 1 heterocycles. The standard InChI is InChI=1S/C24H24FN3O4S/c1-15(2)20(27-21(29)17-6-4-3-5-7-17)22(30)26-12-13-28-23(31)19(33-24(28)32)14-16-8-10-18(25)11-9-16/h3-11,14-15,20H,12-13H2,1-2H3,(H,26,30)(H,27,29). The average molecular weight is 470 g/mol. The minimum absolute atomic E-state index is 0.00535. The van der Waals surface area contributed by atoms with Gasteiger partial charge in [-0.3, -0.25) is 24.1 Å².